The normalized spacial score (nSPS) is 17.9. The minimum Gasteiger partial charge on any atom is -0.484 e. The molecule has 39 heavy (non-hydrogen) atoms. The van der Waals surface area contributed by atoms with E-state index in [1.165, 1.54) is 12.1 Å². The van der Waals surface area contributed by atoms with E-state index in [2.05, 4.69) is 10.6 Å². The second-order valence-electron chi connectivity index (χ2n) is 9.87. The Morgan fingerprint density at radius 2 is 1.87 bits per heavy atom. The number of amides is 3. The van der Waals surface area contributed by atoms with E-state index < -0.39 is 59.8 Å². The fourth-order valence-corrected chi connectivity index (χ4v) is 3.90. The number of rotatable bonds is 7. The van der Waals surface area contributed by atoms with E-state index in [1.54, 1.807) is 20.8 Å². The highest BCUT2D eigenvalue weighted by Gasteiger charge is 2.39. The number of nitrogens with zero attached hydrogens (tertiary/aromatic N) is 1. The predicted molar refractivity (Wildman–Crippen MR) is 130 cm³/mol. The Labute approximate surface area is 226 Å². The summed E-state index contributed by atoms with van der Waals surface area (Å²) in [5.41, 5.74) is -1.86. The lowest BCUT2D eigenvalue weighted by atomic mass is 9.97. The van der Waals surface area contributed by atoms with E-state index >= 15 is 0 Å². The molecule has 1 fully saturated rings. The third kappa shape index (κ3) is 8.77. The Morgan fingerprint density at radius 1 is 1.15 bits per heavy atom. The molecule has 2 N–H and O–H groups in total. The number of hydrogen-bond acceptors (Lipinski definition) is 6. The fourth-order valence-electron chi connectivity index (χ4n) is 3.78. The molecule has 3 amide bonds. The van der Waals surface area contributed by atoms with Crippen molar-refractivity contribution in [1.82, 2.24) is 15.5 Å². The monoisotopic (exact) mass is 577 g/mol. The predicted octanol–water partition coefficient (Wildman–Crippen LogP) is 4.67. The van der Waals surface area contributed by atoms with Crippen LogP contribution in [0, 0.1) is 5.82 Å². The smallest absolute Gasteiger partial charge is 0.419 e. The van der Waals surface area contributed by atoms with E-state index in [0.717, 1.165) is 17.0 Å². The molecule has 0 saturated carbocycles. The summed E-state index contributed by atoms with van der Waals surface area (Å²) < 4.78 is 67.5. The summed E-state index contributed by atoms with van der Waals surface area (Å²) in [6.45, 7) is 4.11. The van der Waals surface area contributed by atoms with Crippen LogP contribution in [0.4, 0.5) is 22.4 Å². The molecule has 2 heterocycles. The molecule has 14 heteroatoms. The van der Waals surface area contributed by atoms with E-state index in [1.807, 2.05) is 0 Å². The van der Waals surface area contributed by atoms with Gasteiger partial charge >= 0.3 is 12.3 Å². The fraction of sp³-hybridized carbons (Fsp3) is 0.480. The van der Waals surface area contributed by atoms with E-state index in [0.29, 0.717) is 12.7 Å². The van der Waals surface area contributed by atoms with Crippen molar-refractivity contribution in [2.45, 2.75) is 64.0 Å². The van der Waals surface area contributed by atoms with Crippen molar-refractivity contribution >= 4 is 29.5 Å². The largest absolute Gasteiger partial charge is 0.484 e. The van der Waals surface area contributed by atoms with Crippen LogP contribution in [0.25, 0.3) is 0 Å². The van der Waals surface area contributed by atoms with E-state index in [4.69, 9.17) is 25.5 Å². The summed E-state index contributed by atoms with van der Waals surface area (Å²) >= 11 is 5.63. The lowest BCUT2D eigenvalue weighted by Gasteiger charge is -2.39. The Balaban J connectivity index is 1.61. The van der Waals surface area contributed by atoms with Gasteiger partial charge in [0.2, 0.25) is 5.91 Å². The third-order valence-corrected chi connectivity index (χ3v) is 5.86. The number of ether oxygens (including phenoxy) is 2. The second-order valence-corrected chi connectivity index (χ2v) is 10.3. The van der Waals surface area contributed by atoms with Crippen molar-refractivity contribution in [3.63, 3.8) is 0 Å². The molecule has 1 aliphatic heterocycles. The molecule has 214 valence electrons. The second kappa shape index (κ2) is 12.1. The van der Waals surface area contributed by atoms with Crippen LogP contribution in [0.2, 0.25) is 5.02 Å². The maximum absolute atomic E-state index is 13.6. The zero-order valence-electron chi connectivity index (χ0n) is 21.4. The quantitative estimate of drug-likeness (QED) is 0.463. The molecule has 2 aromatic rings. The molecular weight excluding hydrogens is 550 g/mol. The summed E-state index contributed by atoms with van der Waals surface area (Å²) in [6, 6.07) is 2.95. The summed E-state index contributed by atoms with van der Waals surface area (Å²) in [7, 11) is 0. The Kier molecular flexibility index (Phi) is 9.36. The highest BCUT2D eigenvalue weighted by atomic mass is 35.5. The summed E-state index contributed by atoms with van der Waals surface area (Å²) in [6.07, 6.45) is -4.40. The topological polar surface area (TPSA) is 110 Å². The van der Waals surface area contributed by atoms with Gasteiger partial charge in [-0.15, -0.1) is 0 Å². The Morgan fingerprint density at radius 3 is 2.49 bits per heavy atom. The van der Waals surface area contributed by atoms with Gasteiger partial charge in [0.1, 0.15) is 35.2 Å². The number of carbonyl (C=O) groups is 3. The van der Waals surface area contributed by atoms with Crippen LogP contribution in [-0.4, -0.2) is 53.6 Å². The first-order chi connectivity index (χ1) is 18.1. The standard InChI is InChI=1S/C25H28ClF4N3O6/c1-24(2,3)39-23(36)33-11-15(32-21(34)13-38-16-5-6-18(26)19(27)9-16)4-7-20(33)22(35)31-10-17-8-14(12-37-17)25(28,29)30/h5-6,8-9,12,15,20H,4,7,10-11,13H2,1-3H3,(H,31,35)(H,32,34)/t15-,20+/m0/s1. The molecule has 0 spiro atoms. The molecule has 0 radical (unpaired) electrons. The molecule has 1 saturated heterocycles. The number of furan rings is 1. The summed E-state index contributed by atoms with van der Waals surface area (Å²) in [5, 5.41) is 5.10. The lowest BCUT2D eigenvalue weighted by molar-refractivity contribution is -0.138. The van der Waals surface area contributed by atoms with Gasteiger partial charge in [-0.1, -0.05) is 11.6 Å². The summed E-state index contributed by atoms with van der Waals surface area (Å²) in [4.78, 5) is 39.4. The molecule has 1 aromatic heterocycles. The average molecular weight is 578 g/mol. The Bertz CT molecular complexity index is 1200. The van der Waals surface area contributed by atoms with Crippen LogP contribution in [0.15, 0.2) is 34.9 Å². The number of piperidine rings is 1. The minimum atomic E-state index is -4.59. The lowest BCUT2D eigenvalue weighted by Crippen LogP contribution is -2.59. The van der Waals surface area contributed by atoms with Gasteiger partial charge in [0.15, 0.2) is 6.61 Å². The van der Waals surface area contributed by atoms with Crippen molar-refractivity contribution in [2.24, 2.45) is 0 Å². The third-order valence-electron chi connectivity index (χ3n) is 5.56. The van der Waals surface area contributed by atoms with Gasteiger partial charge in [-0.25, -0.2) is 9.18 Å². The van der Waals surface area contributed by atoms with Crippen LogP contribution in [0.3, 0.4) is 0 Å². The molecule has 2 atom stereocenters. The van der Waals surface area contributed by atoms with E-state index in [9.17, 15) is 31.9 Å². The first-order valence-electron chi connectivity index (χ1n) is 11.9. The van der Waals surface area contributed by atoms with Gasteiger partial charge in [-0.2, -0.15) is 13.2 Å². The van der Waals surface area contributed by atoms with Crippen molar-refractivity contribution < 1.29 is 45.8 Å². The SMILES string of the molecule is CC(C)(C)OC(=O)N1C[C@@H](NC(=O)COc2ccc(Cl)c(F)c2)CC[C@@H]1C(=O)NCc1cc(C(F)(F)F)co1. The number of likely N-dealkylation sites (tertiary alicyclic amines) is 1. The molecule has 1 aromatic carbocycles. The van der Waals surface area contributed by atoms with Crippen molar-refractivity contribution in [3.05, 3.63) is 52.7 Å². The number of halogens is 5. The highest BCUT2D eigenvalue weighted by molar-refractivity contribution is 6.30. The molecule has 0 unspecified atom stereocenters. The zero-order chi connectivity index (χ0) is 29.0. The highest BCUT2D eigenvalue weighted by Crippen LogP contribution is 2.30. The maximum Gasteiger partial charge on any atom is 0.419 e. The van der Waals surface area contributed by atoms with Gasteiger partial charge in [0, 0.05) is 18.7 Å². The first-order valence-corrected chi connectivity index (χ1v) is 12.3. The van der Waals surface area contributed by atoms with E-state index in [-0.39, 0.29) is 36.0 Å². The number of nitrogens with one attached hydrogen (secondary N) is 2. The minimum absolute atomic E-state index is 0.0761. The number of carbonyl (C=O) groups excluding carboxylic acids is 3. The van der Waals surface area contributed by atoms with Crippen molar-refractivity contribution in [1.29, 1.82) is 0 Å². The van der Waals surface area contributed by atoms with Crippen molar-refractivity contribution in [3.8, 4) is 5.75 Å². The number of hydrogen-bond donors (Lipinski definition) is 2. The van der Waals surface area contributed by atoms with Gasteiger partial charge in [-0.3, -0.25) is 14.5 Å². The van der Waals surface area contributed by atoms with Crippen LogP contribution < -0.4 is 15.4 Å². The van der Waals surface area contributed by atoms with Gasteiger partial charge in [0.05, 0.1) is 17.1 Å². The van der Waals surface area contributed by atoms with Gasteiger partial charge in [0.25, 0.3) is 5.91 Å². The van der Waals surface area contributed by atoms with Crippen molar-refractivity contribution in [2.75, 3.05) is 13.2 Å². The summed E-state index contributed by atoms with van der Waals surface area (Å²) in [5.74, 6) is -1.88. The van der Waals surface area contributed by atoms with Crippen LogP contribution in [0.1, 0.15) is 44.9 Å². The number of alkyl halides is 3. The number of benzene rings is 1. The van der Waals surface area contributed by atoms with Gasteiger partial charge in [-0.05, 0) is 51.8 Å². The first kappa shape index (κ1) is 30.1. The van der Waals surface area contributed by atoms with Crippen LogP contribution >= 0.6 is 11.6 Å². The zero-order valence-corrected chi connectivity index (χ0v) is 22.1. The molecule has 0 bridgehead atoms. The molecular formula is C25H28ClF4N3O6. The molecule has 9 nitrogen and oxygen atoms in total. The van der Waals surface area contributed by atoms with Crippen LogP contribution in [-0.2, 0) is 27.0 Å². The average Bonchev–Trinajstić information content (AvgIpc) is 3.32. The molecule has 1 aliphatic rings. The van der Waals surface area contributed by atoms with Crippen LogP contribution in [0.5, 0.6) is 5.75 Å². The van der Waals surface area contributed by atoms with Gasteiger partial charge < -0.3 is 24.5 Å². The molecule has 0 aliphatic carbocycles. The maximum atomic E-state index is 13.6. The molecule has 3 rings (SSSR count). The Hall–Kier alpha value is -3.48.